The van der Waals surface area contributed by atoms with Crippen molar-refractivity contribution < 1.29 is 0 Å². The highest BCUT2D eigenvalue weighted by atomic mass is 79.9. The Balaban J connectivity index is 3.14. The Morgan fingerprint density at radius 2 is 2.00 bits per heavy atom. The summed E-state index contributed by atoms with van der Waals surface area (Å²) < 4.78 is 3.27. The highest BCUT2D eigenvalue weighted by Crippen LogP contribution is 2.29. The lowest BCUT2D eigenvalue weighted by Crippen LogP contribution is -1.46. The Hall–Kier alpha value is 0.790. The zero-order valence-electron chi connectivity index (χ0n) is 3.79. The minimum Gasteiger partial charge on any atom is -0.185 e. The zero-order valence-corrected chi connectivity index (χ0v) is 8.55. The first-order chi connectivity index (χ1) is 3.70. The van der Waals surface area contributed by atoms with E-state index >= 15 is 0 Å². The molecule has 0 aromatic heterocycles. The SMILES string of the molecule is Brc1cc(Br)[c-](Br)c1. The van der Waals surface area contributed by atoms with Crippen LogP contribution in [-0.4, -0.2) is 0 Å². The summed E-state index contributed by atoms with van der Waals surface area (Å²) in [7, 11) is 0. The van der Waals surface area contributed by atoms with Gasteiger partial charge >= 0.3 is 0 Å². The second kappa shape index (κ2) is 2.58. The van der Waals surface area contributed by atoms with Gasteiger partial charge in [0.05, 0.1) is 0 Å². The van der Waals surface area contributed by atoms with E-state index in [-0.39, 0.29) is 0 Å². The molecule has 3 heteroatoms. The molecule has 0 saturated heterocycles. The van der Waals surface area contributed by atoms with Crippen molar-refractivity contribution in [2.45, 2.75) is 0 Å². The van der Waals surface area contributed by atoms with Crippen LogP contribution in [0.2, 0.25) is 0 Å². The molecule has 0 fully saturated rings. The smallest absolute Gasteiger partial charge is 0.0786 e. The standard InChI is InChI=1S/C5H2Br3/c6-3-1-4(7)5(8)2-3/h1-2H/q-1. The summed E-state index contributed by atoms with van der Waals surface area (Å²) in [5.74, 6) is 0. The third-order valence-corrected chi connectivity index (χ3v) is 3.06. The Morgan fingerprint density at radius 3 is 2.12 bits per heavy atom. The fourth-order valence-electron chi connectivity index (χ4n) is 0.422. The van der Waals surface area contributed by atoms with Crippen LogP contribution in [0, 0.1) is 0 Å². The van der Waals surface area contributed by atoms with Crippen molar-refractivity contribution >= 4 is 47.8 Å². The highest BCUT2D eigenvalue weighted by molar-refractivity contribution is 9.13. The molecule has 0 heterocycles. The Kier molecular flexibility index (Phi) is 2.23. The summed E-state index contributed by atoms with van der Waals surface area (Å²) in [6.45, 7) is 0. The molecule has 44 valence electrons. The molecule has 0 unspecified atom stereocenters. The molecule has 0 atom stereocenters. The molecule has 0 aliphatic heterocycles. The maximum Gasteiger partial charge on any atom is -0.0786 e. The lowest BCUT2D eigenvalue weighted by atomic mass is 10.7. The molecule has 8 heavy (non-hydrogen) atoms. The molecule has 0 amide bonds. The summed E-state index contributed by atoms with van der Waals surface area (Å²) in [5, 5.41) is 0. The molecule has 0 aliphatic rings. The normalized spacial score (nSPS) is 9.88. The Bertz CT molecular complexity index is 170. The highest BCUT2D eigenvalue weighted by Gasteiger charge is 1.85. The summed E-state index contributed by atoms with van der Waals surface area (Å²) in [5.41, 5.74) is 0. The minimum absolute atomic E-state index is 1.09. The molecule has 0 spiro atoms. The van der Waals surface area contributed by atoms with Crippen molar-refractivity contribution in [3.63, 3.8) is 0 Å². The quantitative estimate of drug-likeness (QED) is 0.641. The van der Waals surface area contributed by atoms with Gasteiger partial charge in [-0.3, -0.25) is 0 Å². The molecule has 1 rings (SSSR count). The first-order valence-corrected chi connectivity index (χ1v) is 4.35. The third kappa shape index (κ3) is 1.39. The molecule has 1 aromatic carbocycles. The molecule has 0 nitrogen and oxygen atoms in total. The molecule has 0 aliphatic carbocycles. The van der Waals surface area contributed by atoms with Crippen LogP contribution in [0.15, 0.2) is 25.6 Å². The van der Waals surface area contributed by atoms with Gasteiger partial charge in [-0.05, 0) is 0 Å². The van der Waals surface area contributed by atoms with E-state index < -0.39 is 0 Å². The van der Waals surface area contributed by atoms with E-state index in [4.69, 9.17) is 0 Å². The maximum atomic E-state index is 3.34. The number of rotatable bonds is 0. The maximum absolute atomic E-state index is 3.34. The summed E-state index contributed by atoms with van der Waals surface area (Å²) in [6.07, 6.45) is 0. The van der Waals surface area contributed by atoms with Crippen LogP contribution < -0.4 is 0 Å². The van der Waals surface area contributed by atoms with Crippen LogP contribution in [0.5, 0.6) is 0 Å². The molecular formula is C5H2Br3-. The van der Waals surface area contributed by atoms with Crippen molar-refractivity contribution in [3.05, 3.63) is 25.6 Å². The van der Waals surface area contributed by atoms with Gasteiger partial charge in [0.15, 0.2) is 0 Å². The van der Waals surface area contributed by atoms with Gasteiger partial charge < -0.3 is 0 Å². The van der Waals surface area contributed by atoms with Gasteiger partial charge in [-0.25, -0.2) is 0 Å². The first kappa shape index (κ1) is 6.90. The molecule has 0 bridgehead atoms. The predicted molar refractivity (Wildman–Crippen MR) is 45.1 cm³/mol. The van der Waals surface area contributed by atoms with Gasteiger partial charge in [0, 0.05) is 0 Å². The zero-order chi connectivity index (χ0) is 6.15. The second-order valence-corrected chi connectivity index (χ2v) is 3.99. The van der Waals surface area contributed by atoms with Crippen molar-refractivity contribution in [2.24, 2.45) is 0 Å². The third-order valence-electron chi connectivity index (χ3n) is 0.757. The van der Waals surface area contributed by atoms with Crippen LogP contribution in [-0.2, 0) is 0 Å². The molecular weight excluding hydrogens is 300 g/mol. The van der Waals surface area contributed by atoms with E-state index in [1.165, 1.54) is 0 Å². The van der Waals surface area contributed by atoms with Crippen molar-refractivity contribution in [1.29, 1.82) is 0 Å². The average Bonchev–Trinajstić information content (AvgIpc) is 1.85. The van der Waals surface area contributed by atoms with Gasteiger partial charge in [0.2, 0.25) is 0 Å². The Labute approximate surface area is 73.0 Å². The number of halogens is 3. The fourth-order valence-corrected chi connectivity index (χ4v) is 2.22. The van der Waals surface area contributed by atoms with Gasteiger partial charge in [0.1, 0.15) is 0 Å². The molecule has 0 N–H and O–H groups in total. The average molecular weight is 302 g/mol. The number of hydrogen-bond donors (Lipinski definition) is 0. The molecule has 0 saturated carbocycles. The van der Waals surface area contributed by atoms with Gasteiger partial charge in [0.25, 0.3) is 0 Å². The van der Waals surface area contributed by atoms with Crippen LogP contribution >= 0.6 is 47.8 Å². The summed E-state index contributed by atoms with van der Waals surface area (Å²) >= 11 is 10.0. The van der Waals surface area contributed by atoms with Crippen LogP contribution in [0.3, 0.4) is 0 Å². The van der Waals surface area contributed by atoms with Crippen molar-refractivity contribution in [1.82, 2.24) is 0 Å². The lowest BCUT2D eigenvalue weighted by Gasteiger charge is -1.86. The van der Waals surface area contributed by atoms with Crippen LogP contribution in [0.25, 0.3) is 0 Å². The largest absolute Gasteiger partial charge is 0.185 e. The van der Waals surface area contributed by atoms with E-state index in [2.05, 4.69) is 47.8 Å². The van der Waals surface area contributed by atoms with Gasteiger partial charge in [-0.2, -0.15) is 12.1 Å². The van der Waals surface area contributed by atoms with E-state index in [0.717, 1.165) is 13.4 Å². The second-order valence-electron chi connectivity index (χ2n) is 1.37. The van der Waals surface area contributed by atoms with E-state index in [1.54, 1.807) is 0 Å². The minimum atomic E-state index is 1.09. The first-order valence-electron chi connectivity index (χ1n) is 1.97. The van der Waals surface area contributed by atoms with E-state index in [0.29, 0.717) is 0 Å². The van der Waals surface area contributed by atoms with Crippen molar-refractivity contribution in [2.75, 3.05) is 0 Å². The van der Waals surface area contributed by atoms with Crippen LogP contribution in [0.1, 0.15) is 0 Å². The molecule has 1 aromatic rings. The van der Waals surface area contributed by atoms with Gasteiger partial charge in [-0.15, -0.1) is 36.3 Å². The monoisotopic (exact) mass is 299 g/mol. The lowest BCUT2D eigenvalue weighted by molar-refractivity contribution is 1.80. The summed E-state index contributed by atoms with van der Waals surface area (Å²) in [4.78, 5) is 0. The Morgan fingerprint density at radius 1 is 1.38 bits per heavy atom. The predicted octanol–water partition coefficient (Wildman–Crippen LogP) is 3.69. The summed E-state index contributed by atoms with van der Waals surface area (Å²) in [6, 6.07) is 3.98. The van der Waals surface area contributed by atoms with Gasteiger partial charge in [-0.1, -0.05) is 24.9 Å². The van der Waals surface area contributed by atoms with Crippen molar-refractivity contribution in [3.8, 4) is 0 Å². The molecule has 0 radical (unpaired) electrons. The topological polar surface area (TPSA) is 0 Å². The van der Waals surface area contributed by atoms with Crippen LogP contribution in [0.4, 0.5) is 0 Å². The van der Waals surface area contributed by atoms with E-state index in [1.807, 2.05) is 12.1 Å². The fraction of sp³-hybridized carbons (Fsp3) is 0. The van der Waals surface area contributed by atoms with E-state index in [9.17, 15) is 0 Å². The number of hydrogen-bond acceptors (Lipinski definition) is 0.